The number of hydrogen-bond acceptors (Lipinski definition) is 6. The van der Waals surface area contributed by atoms with Gasteiger partial charge in [-0.05, 0) is 30.3 Å². The molecule has 0 bridgehead atoms. The number of benzene rings is 3. The third-order valence-electron chi connectivity index (χ3n) is 5.23. The Hall–Kier alpha value is -4.06. The van der Waals surface area contributed by atoms with E-state index in [0.717, 1.165) is 6.08 Å². The van der Waals surface area contributed by atoms with Crippen LogP contribution in [0.3, 0.4) is 0 Å². The van der Waals surface area contributed by atoms with Gasteiger partial charge in [0.2, 0.25) is 0 Å². The molecule has 6 nitrogen and oxygen atoms in total. The molecule has 0 fully saturated rings. The standard InChI is InChI=1S/C23H14O6/c1-2-18(26)15-9-13(25)11-20-21(15)23(17-8-7-12(24)10-19(17)28-20)16-6-4-3-5-14(16)22(27)29-23/h2-11,24-25H,1H2. The van der Waals surface area contributed by atoms with E-state index in [-0.39, 0.29) is 28.6 Å². The van der Waals surface area contributed by atoms with Crippen molar-refractivity contribution in [3.05, 3.63) is 95.1 Å². The minimum atomic E-state index is -1.47. The van der Waals surface area contributed by atoms with E-state index >= 15 is 0 Å². The lowest BCUT2D eigenvalue weighted by atomic mass is 9.75. The lowest BCUT2D eigenvalue weighted by Gasteiger charge is -2.37. The molecule has 0 aliphatic carbocycles. The van der Waals surface area contributed by atoms with E-state index in [1.807, 2.05) is 0 Å². The molecule has 3 aromatic rings. The Morgan fingerprint density at radius 2 is 1.72 bits per heavy atom. The van der Waals surface area contributed by atoms with Crippen molar-refractivity contribution in [2.75, 3.05) is 0 Å². The van der Waals surface area contributed by atoms with Crippen molar-refractivity contribution in [3.8, 4) is 23.0 Å². The number of ether oxygens (including phenoxy) is 2. The Kier molecular flexibility index (Phi) is 3.36. The van der Waals surface area contributed by atoms with Crippen LogP contribution < -0.4 is 4.74 Å². The quantitative estimate of drug-likeness (QED) is 0.392. The van der Waals surface area contributed by atoms with Crippen molar-refractivity contribution in [1.82, 2.24) is 0 Å². The van der Waals surface area contributed by atoms with E-state index in [2.05, 4.69) is 6.58 Å². The fourth-order valence-electron chi connectivity index (χ4n) is 4.09. The fraction of sp³-hybridized carbons (Fsp3) is 0.0435. The Labute approximate surface area is 165 Å². The first-order chi connectivity index (χ1) is 14.0. The highest BCUT2D eigenvalue weighted by molar-refractivity contribution is 6.07. The van der Waals surface area contributed by atoms with Gasteiger partial charge in [0.05, 0.1) is 11.1 Å². The maximum atomic E-state index is 12.8. The highest BCUT2D eigenvalue weighted by Crippen LogP contribution is 2.58. The predicted molar refractivity (Wildman–Crippen MR) is 103 cm³/mol. The maximum Gasteiger partial charge on any atom is 0.340 e. The summed E-state index contributed by atoms with van der Waals surface area (Å²) in [5.74, 6) is -0.824. The molecule has 1 atom stereocenters. The summed E-state index contributed by atoms with van der Waals surface area (Å²) >= 11 is 0. The number of phenolic OH excluding ortho intramolecular Hbond substituents is 2. The molecule has 142 valence electrons. The van der Waals surface area contributed by atoms with Crippen LogP contribution in [0.1, 0.15) is 37.4 Å². The molecule has 5 rings (SSSR count). The Balaban J connectivity index is 1.96. The first kappa shape index (κ1) is 17.1. The number of fused-ring (bicyclic) bond motifs is 6. The molecule has 0 saturated carbocycles. The van der Waals surface area contributed by atoms with Gasteiger partial charge in [-0.15, -0.1) is 0 Å². The molecule has 0 amide bonds. The normalized spacial score (nSPS) is 18.3. The van der Waals surface area contributed by atoms with E-state index in [9.17, 15) is 19.8 Å². The maximum absolute atomic E-state index is 12.8. The second-order valence-electron chi connectivity index (χ2n) is 6.83. The minimum absolute atomic E-state index is 0.0393. The van der Waals surface area contributed by atoms with Crippen LogP contribution in [-0.2, 0) is 10.3 Å². The zero-order valence-corrected chi connectivity index (χ0v) is 15.0. The lowest BCUT2D eigenvalue weighted by Crippen LogP contribution is -2.34. The van der Waals surface area contributed by atoms with Crippen LogP contribution in [-0.4, -0.2) is 22.0 Å². The van der Waals surface area contributed by atoms with Crippen LogP contribution in [0, 0.1) is 0 Å². The number of carbonyl (C=O) groups is 2. The molecule has 6 heteroatoms. The number of esters is 1. The van der Waals surface area contributed by atoms with Crippen molar-refractivity contribution in [3.63, 3.8) is 0 Å². The lowest BCUT2D eigenvalue weighted by molar-refractivity contribution is 0.0220. The third-order valence-corrected chi connectivity index (χ3v) is 5.23. The van der Waals surface area contributed by atoms with Gasteiger partial charge >= 0.3 is 5.97 Å². The topological polar surface area (TPSA) is 93.1 Å². The molecule has 2 aliphatic rings. The molecule has 0 aromatic heterocycles. The van der Waals surface area contributed by atoms with Crippen LogP contribution in [0.25, 0.3) is 0 Å². The SMILES string of the molecule is C=CC(=O)c1cc(O)cc2c1C1(OC(=O)c3ccccc31)c1ccc(O)cc1O2. The van der Waals surface area contributed by atoms with Gasteiger partial charge in [-0.1, -0.05) is 24.8 Å². The van der Waals surface area contributed by atoms with Gasteiger partial charge in [-0.2, -0.15) is 0 Å². The van der Waals surface area contributed by atoms with Crippen LogP contribution >= 0.6 is 0 Å². The highest BCUT2D eigenvalue weighted by atomic mass is 16.6. The van der Waals surface area contributed by atoms with E-state index in [0.29, 0.717) is 22.3 Å². The number of allylic oxidation sites excluding steroid dienone is 1. The average Bonchev–Trinajstić information content (AvgIpc) is 2.99. The van der Waals surface area contributed by atoms with Crippen molar-refractivity contribution < 1.29 is 29.3 Å². The van der Waals surface area contributed by atoms with E-state index < -0.39 is 17.4 Å². The summed E-state index contributed by atoms with van der Waals surface area (Å²) in [4.78, 5) is 25.4. The summed E-state index contributed by atoms with van der Waals surface area (Å²) < 4.78 is 11.9. The second kappa shape index (κ2) is 5.72. The zero-order valence-electron chi connectivity index (χ0n) is 15.0. The van der Waals surface area contributed by atoms with Crippen molar-refractivity contribution >= 4 is 11.8 Å². The first-order valence-electron chi connectivity index (χ1n) is 8.84. The largest absolute Gasteiger partial charge is 0.508 e. The number of phenols is 2. The molecule has 2 N–H and O–H groups in total. The molecule has 29 heavy (non-hydrogen) atoms. The number of rotatable bonds is 2. The molecule has 2 heterocycles. The molecular weight excluding hydrogens is 372 g/mol. The summed E-state index contributed by atoms with van der Waals surface area (Å²) in [6, 6.07) is 14.0. The molecule has 2 aliphatic heterocycles. The number of aromatic hydroxyl groups is 2. The fourth-order valence-corrected chi connectivity index (χ4v) is 4.09. The molecule has 1 unspecified atom stereocenters. The highest BCUT2D eigenvalue weighted by Gasteiger charge is 2.55. The van der Waals surface area contributed by atoms with Gasteiger partial charge in [0, 0.05) is 28.8 Å². The molecule has 0 saturated heterocycles. The Morgan fingerprint density at radius 3 is 2.52 bits per heavy atom. The molecular formula is C23H14O6. The van der Waals surface area contributed by atoms with Gasteiger partial charge in [0.15, 0.2) is 11.4 Å². The molecule has 0 radical (unpaired) electrons. The van der Waals surface area contributed by atoms with Gasteiger partial charge in [-0.25, -0.2) is 4.79 Å². The average molecular weight is 386 g/mol. The summed E-state index contributed by atoms with van der Waals surface area (Å²) in [7, 11) is 0. The van der Waals surface area contributed by atoms with Crippen LogP contribution in [0.2, 0.25) is 0 Å². The summed E-state index contributed by atoms with van der Waals surface area (Å²) in [5, 5.41) is 20.1. The molecule has 3 aromatic carbocycles. The van der Waals surface area contributed by atoms with E-state index in [1.165, 1.54) is 24.3 Å². The monoisotopic (exact) mass is 386 g/mol. The smallest absolute Gasteiger partial charge is 0.340 e. The van der Waals surface area contributed by atoms with E-state index in [4.69, 9.17) is 9.47 Å². The van der Waals surface area contributed by atoms with Crippen LogP contribution in [0.5, 0.6) is 23.0 Å². The van der Waals surface area contributed by atoms with E-state index in [1.54, 1.807) is 30.3 Å². The zero-order chi connectivity index (χ0) is 20.3. The summed E-state index contributed by atoms with van der Waals surface area (Å²) in [5.41, 5.74) is 0.320. The van der Waals surface area contributed by atoms with Crippen LogP contribution in [0.4, 0.5) is 0 Å². The Bertz CT molecular complexity index is 1240. The van der Waals surface area contributed by atoms with Gasteiger partial charge in [0.25, 0.3) is 0 Å². The van der Waals surface area contributed by atoms with Gasteiger partial charge in [0.1, 0.15) is 23.0 Å². The van der Waals surface area contributed by atoms with Crippen molar-refractivity contribution in [2.45, 2.75) is 5.60 Å². The van der Waals surface area contributed by atoms with Gasteiger partial charge in [-0.3, -0.25) is 4.79 Å². The first-order valence-corrected chi connectivity index (χ1v) is 8.84. The minimum Gasteiger partial charge on any atom is -0.508 e. The number of carbonyl (C=O) groups excluding carboxylic acids is 2. The second-order valence-corrected chi connectivity index (χ2v) is 6.83. The predicted octanol–water partition coefficient (Wildman–Crippen LogP) is 4.03. The number of hydrogen-bond donors (Lipinski definition) is 2. The summed E-state index contributed by atoms with van der Waals surface area (Å²) in [6.07, 6.45) is 1.12. The number of ketones is 1. The third kappa shape index (κ3) is 2.17. The van der Waals surface area contributed by atoms with Gasteiger partial charge < -0.3 is 19.7 Å². The molecule has 1 spiro atoms. The van der Waals surface area contributed by atoms with Crippen molar-refractivity contribution in [2.24, 2.45) is 0 Å². The van der Waals surface area contributed by atoms with Crippen LogP contribution in [0.15, 0.2) is 67.3 Å². The summed E-state index contributed by atoms with van der Waals surface area (Å²) in [6.45, 7) is 3.53. The Morgan fingerprint density at radius 1 is 0.966 bits per heavy atom. The van der Waals surface area contributed by atoms with Crippen molar-refractivity contribution in [1.29, 1.82) is 0 Å².